The molecule has 1 fully saturated rings. The first-order chi connectivity index (χ1) is 16.8. The molecule has 204 valence electrons. The molecule has 1 amide bonds. The number of aliphatic hydroxyl groups is 1. The van der Waals surface area contributed by atoms with Gasteiger partial charge in [-0.3, -0.25) is 4.79 Å². The number of amides is 1. The van der Waals surface area contributed by atoms with Gasteiger partial charge in [-0.05, 0) is 53.4 Å². The number of carbonyl (C=O) groups excluding carboxylic acids is 3. The number of carbonyl (C=O) groups is 3. The quantitative estimate of drug-likeness (QED) is 0.296. The minimum Gasteiger partial charge on any atom is -0.492 e. The maximum Gasteiger partial charge on any atom is 0.333 e. The Morgan fingerprint density at radius 2 is 1.47 bits per heavy atom. The Hall–Kier alpha value is -2.83. The number of aromatic nitrogens is 1. The molecular formula is C24H38N2O10. The summed E-state index contributed by atoms with van der Waals surface area (Å²) in [6.45, 7) is 8.42. The van der Waals surface area contributed by atoms with E-state index in [1.165, 1.54) is 12.1 Å². The lowest BCUT2D eigenvalue weighted by atomic mass is 10.0. The lowest BCUT2D eigenvalue weighted by molar-refractivity contribution is -0.220. The van der Waals surface area contributed by atoms with Crippen LogP contribution in [0, 0.1) is 0 Å². The first kappa shape index (κ1) is 29.4. The number of nitrogens with zero attached hydrogens (tertiary/aromatic N) is 2. The van der Waals surface area contributed by atoms with Crippen LogP contribution < -0.4 is 4.84 Å². The number of ether oxygens (including phenoxy) is 2. The van der Waals surface area contributed by atoms with Crippen molar-refractivity contribution < 1.29 is 48.9 Å². The van der Waals surface area contributed by atoms with Crippen molar-refractivity contribution >= 4 is 17.8 Å². The minimum absolute atomic E-state index is 0.0456. The molecule has 1 saturated heterocycles. The van der Waals surface area contributed by atoms with Crippen molar-refractivity contribution in [2.45, 2.75) is 96.5 Å². The summed E-state index contributed by atoms with van der Waals surface area (Å²) >= 11 is 0. The van der Waals surface area contributed by atoms with Crippen molar-refractivity contribution in [3.8, 4) is 11.8 Å². The molecule has 1 aliphatic rings. The zero-order valence-electron chi connectivity index (χ0n) is 21.4. The van der Waals surface area contributed by atoms with Crippen molar-refractivity contribution in [1.82, 2.24) is 9.79 Å². The number of aromatic hydroxyl groups is 2. The highest BCUT2D eigenvalue weighted by molar-refractivity contribution is 5.79. The predicted octanol–water partition coefficient (Wildman–Crippen LogP) is 2.18. The molecule has 0 spiro atoms. The maximum atomic E-state index is 12.0. The van der Waals surface area contributed by atoms with Gasteiger partial charge in [0.15, 0.2) is 6.23 Å². The van der Waals surface area contributed by atoms with Gasteiger partial charge in [-0.1, -0.05) is 0 Å². The molecular weight excluding hydrogens is 476 g/mol. The third kappa shape index (κ3) is 9.67. The van der Waals surface area contributed by atoms with E-state index in [0.717, 1.165) is 5.06 Å². The molecule has 1 aliphatic heterocycles. The van der Waals surface area contributed by atoms with Crippen LogP contribution in [0.15, 0.2) is 12.1 Å². The zero-order chi connectivity index (χ0) is 26.9. The summed E-state index contributed by atoms with van der Waals surface area (Å²) in [4.78, 5) is 45.2. The Kier molecular flexibility index (Phi) is 10.6. The molecule has 0 aliphatic carbocycles. The van der Waals surface area contributed by atoms with Crippen LogP contribution in [0.4, 0.5) is 0 Å². The predicted molar refractivity (Wildman–Crippen MR) is 125 cm³/mol. The van der Waals surface area contributed by atoms with E-state index in [1.807, 2.05) is 27.7 Å². The summed E-state index contributed by atoms with van der Waals surface area (Å²) in [6.07, 6.45) is 1.57. The highest BCUT2D eigenvalue weighted by atomic mass is 16.7. The van der Waals surface area contributed by atoms with E-state index in [0.29, 0.717) is 43.6 Å². The first-order valence-corrected chi connectivity index (χ1v) is 12.1. The third-order valence-corrected chi connectivity index (χ3v) is 5.70. The Morgan fingerprint density at radius 3 is 2.08 bits per heavy atom. The van der Waals surface area contributed by atoms with Crippen LogP contribution in [0.5, 0.6) is 11.8 Å². The Balaban J connectivity index is 1.58. The molecule has 0 bridgehead atoms. The summed E-state index contributed by atoms with van der Waals surface area (Å²) in [7, 11) is 0. The van der Waals surface area contributed by atoms with Gasteiger partial charge in [0.05, 0.1) is 24.2 Å². The third-order valence-electron chi connectivity index (χ3n) is 5.70. The van der Waals surface area contributed by atoms with Crippen LogP contribution in [0.3, 0.4) is 0 Å². The van der Waals surface area contributed by atoms with E-state index >= 15 is 0 Å². The number of rotatable bonds is 15. The lowest BCUT2D eigenvalue weighted by Crippen LogP contribution is -2.35. The molecule has 12 nitrogen and oxygen atoms in total. The van der Waals surface area contributed by atoms with Gasteiger partial charge < -0.3 is 34.5 Å². The normalized spacial score (nSPS) is 16.4. The van der Waals surface area contributed by atoms with Crippen LogP contribution in [-0.2, 0) is 28.7 Å². The second kappa shape index (κ2) is 12.9. The van der Waals surface area contributed by atoms with Gasteiger partial charge in [0.2, 0.25) is 11.8 Å². The molecule has 3 N–H and O–H groups in total. The molecule has 0 saturated carbocycles. The van der Waals surface area contributed by atoms with Gasteiger partial charge in [0, 0.05) is 38.0 Å². The largest absolute Gasteiger partial charge is 0.492 e. The van der Waals surface area contributed by atoms with Crippen molar-refractivity contribution in [3.63, 3.8) is 0 Å². The highest BCUT2D eigenvalue weighted by Crippen LogP contribution is 2.23. The topological polar surface area (TPSA) is 157 Å². The lowest BCUT2D eigenvalue weighted by Gasteiger charge is -2.30. The van der Waals surface area contributed by atoms with E-state index in [1.54, 1.807) is 0 Å². The van der Waals surface area contributed by atoms with Crippen molar-refractivity contribution in [1.29, 1.82) is 0 Å². The van der Waals surface area contributed by atoms with Gasteiger partial charge in [-0.15, -0.1) is 9.79 Å². The van der Waals surface area contributed by atoms with Crippen molar-refractivity contribution in [2.75, 3.05) is 13.2 Å². The first-order valence-electron chi connectivity index (χ1n) is 12.1. The SMILES string of the molecule is CC(C)(CCCC(=O)ON1C(=O)CCC1O)OCCC(C)(C)OCCCC(=O)On1c(O)ccc1O. The summed E-state index contributed by atoms with van der Waals surface area (Å²) in [5, 5.41) is 29.4. The average Bonchev–Trinajstić information content (AvgIpc) is 3.26. The second-order valence-corrected chi connectivity index (χ2v) is 9.93. The van der Waals surface area contributed by atoms with Crippen molar-refractivity contribution in [2.24, 2.45) is 0 Å². The van der Waals surface area contributed by atoms with Crippen LogP contribution in [0.2, 0.25) is 0 Å². The van der Waals surface area contributed by atoms with Gasteiger partial charge in [-0.25, -0.2) is 9.59 Å². The Bertz CT molecular complexity index is 876. The molecule has 2 rings (SSSR count). The van der Waals surface area contributed by atoms with Crippen LogP contribution in [-0.4, -0.2) is 73.6 Å². The van der Waals surface area contributed by atoms with E-state index in [9.17, 15) is 29.7 Å². The molecule has 1 aromatic heterocycles. The molecule has 1 aromatic rings. The summed E-state index contributed by atoms with van der Waals surface area (Å²) < 4.78 is 12.5. The summed E-state index contributed by atoms with van der Waals surface area (Å²) in [6, 6.07) is 2.41. The van der Waals surface area contributed by atoms with E-state index in [4.69, 9.17) is 19.1 Å². The fourth-order valence-corrected chi connectivity index (χ4v) is 3.50. The average molecular weight is 515 g/mol. The Morgan fingerprint density at radius 1 is 0.917 bits per heavy atom. The Labute approximate surface area is 210 Å². The highest BCUT2D eigenvalue weighted by Gasteiger charge is 2.33. The van der Waals surface area contributed by atoms with E-state index in [-0.39, 0.29) is 37.4 Å². The molecule has 2 heterocycles. The van der Waals surface area contributed by atoms with Crippen LogP contribution in [0.1, 0.15) is 79.1 Å². The standard InChI is InChI=1S/C24H38N2O10/c1-23(2,13-5-7-21(31)35-25-17(27)9-10-18(25)28)34-16-14-24(3,4)33-15-6-8-22(32)36-26-19(29)11-12-20(26)30/h11-12,17,27,29-30H,5-10,13-16H2,1-4H3. The number of hydroxylamine groups is 2. The second-order valence-electron chi connectivity index (χ2n) is 9.93. The van der Waals surface area contributed by atoms with Crippen LogP contribution in [0.25, 0.3) is 0 Å². The zero-order valence-corrected chi connectivity index (χ0v) is 21.4. The van der Waals surface area contributed by atoms with Gasteiger partial charge in [0.1, 0.15) is 0 Å². The van der Waals surface area contributed by atoms with E-state index < -0.39 is 35.3 Å². The van der Waals surface area contributed by atoms with Crippen LogP contribution >= 0.6 is 0 Å². The number of hydrogen-bond acceptors (Lipinski definition) is 10. The van der Waals surface area contributed by atoms with Crippen molar-refractivity contribution in [3.05, 3.63) is 12.1 Å². The fourth-order valence-electron chi connectivity index (χ4n) is 3.50. The van der Waals surface area contributed by atoms with E-state index in [2.05, 4.69) is 0 Å². The fraction of sp³-hybridized carbons (Fsp3) is 0.708. The number of hydrogen-bond donors (Lipinski definition) is 3. The molecule has 12 heteroatoms. The van der Waals surface area contributed by atoms with Gasteiger partial charge >= 0.3 is 11.9 Å². The number of aliphatic hydroxyl groups excluding tert-OH is 1. The summed E-state index contributed by atoms with van der Waals surface area (Å²) in [5.41, 5.74) is -0.984. The molecule has 1 unspecified atom stereocenters. The molecule has 1 atom stereocenters. The smallest absolute Gasteiger partial charge is 0.333 e. The maximum absolute atomic E-state index is 12.0. The minimum atomic E-state index is -1.07. The monoisotopic (exact) mass is 514 g/mol. The summed E-state index contributed by atoms with van der Waals surface area (Å²) in [5.74, 6) is -2.34. The molecule has 36 heavy (non-hydrogen) atoms. The molecule has 0 aromatic carbocycles. The molecule has 0 radical (unpaired) electrons. The van der Waals surface area contributed by atoms with Gasteiger partial charge in [0.25, 0.3) is 5.91 Å². The van der Waals surface area contributed by atoms with Gasteiger partial charge in [-0.2, -0.15) is 0 Å².